The Morgan fingerprint density at radius 1 is 1.00 bits per heavy atom. The average molecular weight is 541 g/mol. The van der Waals surface area contributed by atoms with E-state index in [2.05, 4.69) is 5.32 Å². The molecule has 0 bridgehead atoms. The fourth-order valence-electron chi connectivity index (χ4n) is 2.80. The Kier molecular flexibility index (Phi) is 8.02. The van der Waals surface area contributed by atoms with E-state index >= 15 is 0 Å². The molecule has 2 rings (SSSR count). The molecule has 0 saturated carbocycles. The standard InChI is InChI=1S/C22H24INO7/c1-21(2,23)31-13-22(19(26)27,20(28)29)12-14-8-10-15(11-9-14)24-18(25)16-6-4-5-7-17(16)30-3/h4-11H,12-13H2,1-3H3,(H,24,25)(H,26,27)(H,28,29). The molecule has 0 radical (unpaired) electrons. The highest BCUT2D eigenvalue weighted by Gasteiger charge is 2.48. The van der Waals surface area contributed by atoms with E-state index in [4.69, 9.17) is 9.47 Å². The third kappa shape index (κ3) is 6.41. The molecular weight excluding hydrogens is 517 g/mol. The Bertz CT molecular complexity index is 937. The number of ether oxygens (including phenoxy) is 2. The fourth-order valence-corrected chi connectivity index (χ4v) is 2.95. The van der Waals surface area contributed by atoms with Crippen LogP contribution in [0.4, 0.5) is 5.69 Å². The van der Waals surface area contributed by atoms with E-state index in [0.29, 0.717) is 22.6 Å². The summed E-state index contributed by atoms with van der Waals surface area (Å²) in [6.45, 7) is 2.93. The summed E-state index contributed by atoms with van der Waals surface area (Å²) in [6.07, 6.45) is -0.273. The summed E-state index contributed by atoms with van der Waals surface area (Å²) in [5.41, 5.74) is -0.816. The molecular formula is C22H24INO7. The number of nitrogens with one attached hydrogen (secondary N) is 1. The van der Waals surface area contributed by atoms with Crippen LogP contribution in [-0.4, -0.2) is 45.4 Å². The first-order valence-electron chi connectivity index (χ1n) is 9.31. The number of hydrogen-bond donors (Lipinski definition) is 3. The zero-order valence-corrected chi connectivity index (χ0v) is 19.5. The van der Waals surface area contributed by atoms with E-state index in [1.165, 1.54) is 7.11 Å². The lowest BCUT2D eigenvalue weighted by Gasteiger charge is -2.28. The average Bonchev–Trinajstić information content (AvgIpc) is 2.71. The van der Waals surface area contributed by atoms with Gasteiger partial charge in [-0.25, -0.2) is 0 Å². The summed E-state index contributed by atoms with van der Waals surface area (Å²) in [5, 5.41) is 22.1. The van der Waals surface area contributed by atoms with E-state index in [9.17, 15) is 24.6 Å². The lowest BCUT2D eigenvalue weighted by atomic mass is 9.82. The largest absolute Gasteiger partial charge is 0.496 e. The van der Waals surface area contributed by atoms with Crippen molar-refractivity contribution in [3.63, 3.8) is 0 Å². The highest BCUT2D eigenvalue weighted by Crippen LogP contribution is 2.30. The number of amides is 1. The van der Waals surface area contributed by atoms with Crippen LogP contribution < -0.4 is 10.1 Å². The molecule has 166 valence electrons. The number of carbonyl (C=O) groups excluding carboxylic acids is 1. The molecule has 0 heterocycles. The molecule has 0 aliphatic heterocycles. The van der Waals surface area contributed by atoms with Gasteiger partial charge < -0.3 is 25.0 Å². The first kappa shape index (κ1) is 24.6. The van der Waals surface area contributed by atoms with Gasteiger partial charge in [-0.2, -0.15) is 0 Å². The van der Waals surface area contributed by atoms with Gasteiger partial charge in [0.15, 0.2) is 5.41 Å². The molecule has 0 aliphatic rings. The third-order valence-electron chi connectivity index (χ3n) is 4.55. The minimum Gasteiger partial charge on any atom is -0.496 e. The molecule has 3 N–H and O–H groups in total. The van der Waals surface area contributed by atoms with E-state index < -0.39 is 27.6 Å². The minimum absolute atomic E-state index is 0.273. The number of hydrogen-bond acceptors (Lipinski definition) is 5. The number of anilines is 1. The predicted molar refractivity (Wildman–Crippen MR) is 123 cm³/mol. The molecule has 31 heavy (non-hydrogen) atoms. The van der Waals surface area contributed by atoms with Gasteiger partial charge in [0.1, 0.15) is 9.36 Å². The molecule has 9 heteroatoms. The van der Waals surface area contributed by atoms with Gasteiger partial charge in [0, 0.05) is 12.1 Å². The number of halogens is 1. The van der Waals surface area contributed by atoms with Crippen LogP contribution >= 0.6 is 22.6 Å². The van der Waals surface area contributed by atoms with Crippen LogP contribution in [0, 0.1) is 5.41 Å². The Balaban J connectivity index is 2.19. The van der Waals surface area contributed by atoms with Crippen LogP contribution in [0.3, 0.4) is 0 Å². The van der Waals surface area contributed by atoms with Crippen molar-refractivity contribution in [2.75, 3.05) is 19.0 Å². The van der Waals surface area contributed by atoms with Crippen LogP contribution in [0.25, 0.3) is 0 Å². The Labute approximate surface area is 193 Å². The molecule has 1 amide bonds. The van der Waals surface area contributed by atoms with Crippen molar-refractivity contribution < 1.29 is 34.1 Å². The number of carbonyl (C=O) groups is 3. The fraction of sp³-hybridized carbons (Fsp3) is 0.318. The molecule has 0 saturated heterocycles. The van der Waals surface area contributed by atoms with Gasteiger partial charge in [-0.05, 0) is 66.3 Å². The summed E-state index contributed by atoms with van der Waals surface area (Å²) in [6, 6.07) is 13.1. The van der Waals surface area contributed by atoms with Crippen molar-refractivity contribution >= 4 is 46.1 Å². The normalized spacial score (nSPS) is 11.6. The van der Waals surface area contributed by atoms with Crippen LogP contribution in [0.5, 0.6) is 5.75 Å². The number of benzene rings is 2. The van der Waals surface area contributed by atoms with Gasteiger partial charge in [0.2, 0.25) is 0 Å². The molecule has 0 atom stereocenters. The molecule has 0 aromatic heterocycles. The summed E-state index contributed by atoms with van der Waals surface area (Å²) in [4.78, 5) is 36.3. The number of aliphatic carboxylic acids is 2. The lowest BCUT2D eigenvalue weighted by molar-refractivity contribution is -0.171. The Morgan fingerprint density at radius 2 is 1.58 bits per heavy atom. The van der Waals surface area contributed by atoms with Crippen molar-refractivity contribution in [1.82, 2.24) is 0 Å². The van der Waals surface area contributed by atoms with Crippen LogP contribution in [-0.2, 0) is 20.7 Å². The zero-order valence-electron chi connectivity index (χ0n) is 17.3. The van der Waals surface area contributed by atoms with Crippen LogP contribution in [0.1, 0.15) is 29.8 Å². The van der Waals surface area contributed by atoms with Gasteiger partial charge in [0.25, 0.3) is 5.91 Å². The molecule has 2 aromatic rings. The predicted octanol–water partition coefficient (Wildman–Crippen LogP) is 3.83. The quantitative estimate of drug-likeness (QED) is 0.238. The molecule has 0 fully saturated rings. The van der Waals surface area contributed by atoms with Crippen molar-refractivity contribution in [3.05, 3.63) is 59.7 Å². The molecule has 8 nitrogen and oxygen atoms in total. The number of alkyl halides is 1. The highest BCUT2D eigenvalue weighted by molar-refractivity contribution is 14.1. The van der Waals surface area contributed by atoms with Crippen molar-refractivity contribution in [3.8, 4) is 5.75 Å². The first-order chi connectivity index (χ1) is 14.5. The maximum absolute atomic E-state index is 12.5. The summed E-state index contributed by atoms with van der Waals surface area (Å²) in [5.74, 6) is -2.89. The minimum atomic E-state index is -2.13. The molecule has 0 unspecified atom stereocenters. The molecule has 0 aliphatic carbocycles. The second-order valence-corrected chi connectivity index (χ2v) is 9.97. The van der Waals surface area contributed by atoms with Gasteiger partial charge >= 0.3 is 11.9 Å². The van der Waals surface area contributed by atoms with Gasteiger partial charge in [-0.1, -0.05) is 24.3 Å². The lowest BCUT2D eigenvalue weighted by Crippen LogP contribution is -2.46. The zero-order chi connectivity index (χ0) is 23.2. The number of para-hydroxylation sites is 1. The number of carboxylic acids is 2. The molecule has 0 spiro atoms. The maximum atomic E-state index is 12.5. The highest BCUT2D eigenvalue weighted by atomic mass is 127. The summed E-state index contributed by atoms with van der Waals surface area (Å²) >= 11 is 1.96. The SMILES string of the molecule is COc1ccccc1C(=O)Nc1ccc(CC(COC(C)(C)I)(C(=O)O)C(=O)O)cc1. The Morgan fingerprint density at radius 3 is 2.10 bits per heavy atom. The van der Waals surface area contributed by atoms with Crippen LogP contribution in [0.2, 0.25) is 0 Å². The van der Waals surface area contributed by atoms with E-state index in [1.54, 1.807) is 62.4 Å². The second-order valence-electron chi connectivity index (χ2n) is 7.37. The van der Waals surface area contributed by atoms with Crippen LogP contribution in [0.15, 0.2) is 48.5 Å². The number of rotatable bonds is 10. The first-order valence-corrected chi connectivity index (χ1v) is 10.4. The smallest absolute Gasteiger partial charge is 0.323 e. The van der Waals surface area contributed by atoms with Gasteiger partial charge in [-0.3, -0.25) is 14.4 Å². The van der Waals surface area contributed by atoms with Gasteiger partial charge in [0.05, 0.1) is 19.3 Å². The third-order valence-corrected chi connectivity index (χ3v) is 4.86. The number of methoxy groups -OCH3 is 1. The molecule has 2 aromatic carbocycles. The van der Waals surface area contributed by atoms with E-state index in [1.807, 2.05) is 22.6 Å². The van der Waals surface area contributed by atoms with E-state index in [-0.39, 0.29) is 12.3 Å². The second kappa shape index (κ2) is 10.1. The maximum Gasteiger partial charge on any atom is 0.323 e. The number of carboxylic acid groups (broad SMARTS) is 2. The van der Waals surface area contributed by atoms with Crippen molar-refractivity contribution in [2.24, 2.45) is 5.41 Å². The Hall–Kier alpha value is -2.66. The topological polar surface area (TPSA) is 122 Å². The van der Waals surface area contributed by atoms with Crippen molar-refractivity contribution in [1.29, 1.82) is 0 Å². The summed E-state index contributed by atoms with van der Waals surface area (Å²) < 4.78 is 9.96. The van der Waals surface area contributed by atoms with Gasteiger partial charge in [-0.15, -0.1) is 0 Å². The monoisotopic (exact) mass is 541 g/mol. The van der Waals surface area contributed by atoms with E-state index in [0.717, 1.165) is 0 Å². The summed E-state index contributed by atoms with van der Waals surface area (Å²) in [7, 11) is 1.47. The van der Waals surface area contributed by atoms with Crippen molar-refractivity contribution in [2.45, 2.75) is 23.9 Å².